The first-order chi connectivity index (χ1) is 10.1. The Balaban J connectivity index is 2.17. The maximum absolute atomic E-state index is 12.6. The fourth-order valence-electron chi connectivity index (χ4n) is 2.67. The van der Waals surface area contributed by atoms with Crippen LogP contribution in [-0.4, -0.2) is 44.5 Å². The molecule has 6 heteroatoms. The van der Waals surface area contributed by atoms with Crippen LogP contribution in [0.2, 0.25) is 0 Å². The molecule has 2 aromatic heterocycles. The molecule has 0 radical (unpaired) electrons. The number of carbonyl (C=O) groups excluding carboxylic acids is 1. The summed E-state index contributed by atoms with van der Waals surface area (Å²) in [7, 11) is 0. The van der Waals surface area contributed by atoms with Gasteiger partial charge in [0, 0.05) is 29.9 Å². The molecule has 0 saturated heterocycles. The van der Waals surface area contributed by atoms with Gasteiger partial charge < -0.3 is 10.0 Å². The number of aliphatic hydroxyl groups excluding tert-OH is 1. The van der Waals surface area contributed by atoms with Crippen molar-refractivity contribution in [2.75, 3.05) is 13.2 Å². The summed E-state index contributed by atoms with van der Waals surface area (Å²) in [5.41, 5.74) is 1.93. The minimum absolute atomic E-state index is 0.00543. The van der Waals surface area contributed by atoms with Crippen LogP contribution in [0.5, 0.6) is 0 Å². The van der Waals surface area contributed by atoms with E-state index in [9.17, 15) is 9.90 Å². The van der Waals surface area contributed by atoms with Gasteiger partial charge in [-0.05, 0) is 19.8 Å². The normalized spacial score (nSPS) is 11.5. The second-order valence-corrected chi connectivity index (χ2v) is 6.06. The van der Waals surface area contributed by atoms with Gasteiger partial charge in [0.2, 0.25) is 5.91 Å². The highest BCUT2D eigenvalue weighted by molar-refractivity contribution is 7.15. The number of rotatable bonds is 7. The summed E-state index contributed by atoms with van der Waals surface area (Å²) in [5.74, 6) is 0.0730. The molecule has 1 N–H and O–H groups in total. The molecule has 0 spiro atoms. The van der Waals surface area contributed by atoms with E-state index in [0.29, 0.717) is 13.0 Å². The Bertz CT molecular complexity index is 601. The molecule has 5 nitrogen and oxygen atoms in total. The van der Waals surface area contributed by atoms with Crippen LogP contribution in [0.3, 0.4) is 0 Å². The minimum atomic E-state index is 0.00543. The van der Waals surface area contributed by atoms with E-state index < -0.39 is 0 Å². The Morgan fingerprint density at radius 1 is 1.48 bits per heavy atom. The van der Waals surface area contributed by atoms with Crippen molar-refractivity contribution in [1.29, 1.82) is 0 Å². The van der Waals surface area contributed by atoms with Gasteiger partial charge in [-0.15, -0.1) is 11.3 Å². The summed E-state index contributed by atoms with van der Waals surface area (Å²) >= 11 is 1.55. The molecule has 0 bridgehead atoms. The molecule has 0 aliphatic heterocycles. The molecule has 1 amide bonds. The fourth-order valence-corrected chi connectivity index (χ4v) is 3.59. The Kier molecular flexibility index (Phi) is 5.36. The van der Waals surface area contributed by atoms with Gasteiger partial charge in [-0.1, -0.05) is 13.8 Å². The molecule has 0 atom stereocenters. The summed E-state index contributed by atoms with van der Waals surface area (Å²) in [6.45, 7) is 6.52. The van der Waals surface area contributed by atoms with Crippen molar-refractivity contribution in [3.63, 3.8) is 0 Å². The Hall–Kier alpha value is -1.40. The minimum Gasteiger partial charge on any atom is -0.395 e. The molecule has 0 unspecified atom stereocenters. The molecular formula is C15H23N3O2S. The van der Waals surface area contributed by atoms with Gasteiger partial charge in [0.1, 0.15) is 0 Å². The maximum atomic E-state index is 12.6. The molecule has 0 fully saturated rings. The van der Waals surface area contributed by atoms with Crippen LogP contribution >= 0.6 is 11.3 Å². The molecule has 2 rings (SSSR count). The lowest BCUT2D eigenvalue weighted by Gasteiger charge is -2.30. The fraction of sp³-hybridized carbons (Fsp3) is 0.600. The third kappa shape index (κ3) is 3.44. The van der Waals surface area contributed by atoms with Crippen molar-refractivity contribution < 1.29 is 9.90 Å². The number of fused-ring (bicyclic) bond motifs is 1. The topological polar surface area (TPSA) is 57.8 Å². The van der Waals surface area contributed by atoms with E-state index in [1.807, 2.05) is 27.8 Å². The molecule has 0 aromatic carbocycles. The quantitative estimate of drug-likeness (QED) is 0.853. The molecule has 2 aromatic rings. The lowest BCUT2D eigenvalue weighted by molar-refractivity contribution is -0.133. The Morgan fingerprint density at radius 2 is 2.19 bits per heavy atom. The van der Waals surface area contributed by atoms with Crippen molar-refractivity contribution in [3.05, 3.63) is 23.0 Å². The van der Waals surface area contributed by atoms with E-state index in [1.54, 1.807) is 11.3 Å². The van der Waals surface area contributed by atoms with Crippen molar-refractivity contribution in [1.82, 2.24) is 14.3 Å². The number of imidazole rings is 1. The van der Waals surface area contributed by atoms with Gasteiger partial charge >= 0.3 is 0 Å². The van der Waals surface area contributed by atoms with Gasteiger partial charge in [-0.25, -0.2) is 4.98 Å². The Labute approximate surface area is 129 Å². The second kappa shape index (κ2) is 7.04. The van der Waals surface area contributed by atoms with E-state index in [2.05, 4.69) is 18.8 Å². The number of aliphatic hydroxyl groups is 1. The standard InChI is InChI=1S/C15H23N3O2S/c1-4-12(5-2)17(6-7-19)14(20)8-13-10-21-15-16-11(3)9-18(13)15/h9-10,12,19H,4-8H2,1-3H3. The van der Waals surface area contributed by atoms with Crippen molar-refractivity contribution >= 4 is 22.2 Å². The third-order valence-electron chi connectivity index (χ3n) is 3.78. The second-order valence-electron chi connectivity index (χ2n) is 5.22. The number of thiazole rings is 1. The number of hydrogen-bond acceptors (Lipinski definition) is 4. The summed E-state index contributed by atoms with van der Waals surface area (Å²) in [6.07, 6.45) is 4.13. The SMILES string of the molecule is CCC(CC)N(CCO)C(=O)Cc1csc2nc(C)cn12. The number of hydrogen-bond donors (Lipinski definition) is 1. The van der Waals surface area contributed by atoms with E-state index >= 15 is 0 Å². The maximum Gasteiger partial charge on any atom is 0.228 e. The molecule has 0 saturated carbocycles. The smallest absolute Gasteiger partial charge is 0.228 e. The van der Waals surface area contributed by atoms with Crippen molar-refractivity contribution in [2.45, 2.75) is 46.1 Å². The zero-order valence-corrected chi connectivity index (χ0v) is 13.7. The monoisotopic (exact) mass is 309 g/mol. The third-order valence-corrected chi connectivity index (χ3v) is 4.67. The number of carbonyl (C=O) groups is 1. The van der Waals surface area contributed by atoms with Crippen LogP contribution in [0, 0.1) is 6.92 Å². The highest BCUT2D eigenvalue weighted by atomic mass is 32.1. The molecule has 0 aliphatic carbocycles. The van der Waals surface area contributed by atoms with Gasteiger partial charge in [0.05, 0.1) is 18.7 Å². The van der Waals surface area contributed by atoms with Crippen molar-refractivity contribution in [3.8, 4) is 0 Å². The Morgan fingerprint density at radius 3 is 2.81 bits per heavy atom. The van der Waals surface area contributed by atoms with E-state index in [-0.39, 0.29) is 18.6 Å². The summed E-state index contributed by atoms with van der Waals surface area (Å²) in [5, 5.41) is 11.2. The predicted molar refractivity (Wildman–Crippen MR) is 84.7 cm³/mol. The van der Waals surface area contributed by atoms with Gasteiger partial charge in [-0.2, -0.15) is 0 Å². The lowest BCUT2D eigenvalue weighted by atomic mass is 10.1. The zero-order valence-electron chi connectivity index (χ0n) is 12.9. The number of aryl methyl sites for hydroxylation is 1. The van der Waals surface area contributed by atoms with E-state index in [4.69, 9.17) is 0 Å². The van der Waals surface area contributed by atoms with Crippen LogP contribution in [0.15, 0.2) is 11.6 Å². The molecular weight excluding hydrogens is 286 g/mol. The molecule has 116 valence electrons. The molecule has 0 aliphatic rings. The van der Waals surface area contributed by atoms with E-state index in [0.717, 1.165) is 29.2 Å². The van der Waals surface area contributed by atoms with Crippen LogP contribution in [0.25, 0.3) is 4.96 Å². The first kappa shape index (κ1) is 16.0. The van der Waals surface area contributed by atoms with Gasteiger partial charge in [-0.3, -0.25) is 9.20 Å². The highest BCUT2D eigenvalue weighted by Gasteiger charge is 2.22. The van der Waals surface area contributed by atoms with Crippen LogP contribution in [0.1, 0.15) is 38.1 Å². The first-order valence-corrected chi connectivity index (χ1v) is 8.31. The largest absolute Gasteiger partial charge is 0.395 e. The zero-order chi connectivity index (χ0) is 15.4. The van der Waals surface area contributed by atoms with Gasteiger partial charge in [0.25, 0.3) is 0 Å². The average molecular weight is 309 g/mol. The summed E-state index contributed by atoms with van der Waals surface area (Å²) < 4.78 is 1.99. The number of nitrogens with zero attached hydrogens (tertiary/aromatic N) is 3. The molecule has 2 heterocycles. The highest BCUT2D eigenvalue weighted by Crippen LogP contribution is 2.18. The molecule has 21 heavy (non-hydrogen) atoms. The predicted octanol–water partition coefficient (Wildman–Crippen LogP) is 2.26. The summed E-state index contributed by atoms with van der Waals surface area (Å²) in [4.78, 5) is 19.7. The number of amides is 1. The van der Waals surface area contributed by atoms with Gasteiger partial charge in [0.15, 0.2) is 4.96 Å². The van der Waals surface area contributed by atoms with E-state index in [1.165, 1.54) is 0 Å². The van der Waals surface area contributed by atoms with Crippen LogP contribution in [0.4, 0.5) is 0 Å². The lowest BCUT2D eigenvalue weighted by Crippen LogP contribution is -2.42. The number of aromatic nitrogens is 2. The van der Waals surface area contributed by atoms with Crippen molar-refractivity contribution in [2.24, 2.45) is 0 Å². The van der Waals surface area contributed by atoms with Crippen LogP contribution < -0.4 is 0 Å². The van der Waals surface area contributed by atoms with Crippen LogP contribution in [-0.2, 0) is 11.2 Å². The first-order valence-electron chi connectivity index (χ1n) is 7.43. The summed E-state index contributed by atoms with van der Waals surface area (Å²) in [6, 6.07) is 0.197. The average Bonchev–Trinajstić information content (AvgIpc) is 2.99.